The number of aryl methyl sites for hydroxylation is 1. The van der Waals surface area contributed by atoms with E-state index in [1.165, 1.54) is 13.2 Å². The van der Waals surface area contributed by atoms with Crippen LogP contribution in [0, 0.1) is 6.92 Å². The highest BCUT2D eigenvalue weighted by molar-refractivity contribution is 7.85. The number of methoxy groups -OCH3 is 1. The van der Waals surface area contributed by atoms with Crippen LogP contribution in [-0.2, 0) is 16.5 Å². The summed E-state index contributed by atoms with van der Waals surface area (Å²) in [6, 6.07) is 9.95. The second-order valence-corrected chi connectivity index (χ2v) is 6.96. The zero-order valence-electron chi connectivity index (χ0n) is 13.3. The van der Waals surface area contributed by atoms with Gasteiger partial charge in [-0.2, -0.15) is 0 Å². The maximum atomic E-state index is 11.5. The van der Waals surface area contributed by atoms with Crippen molar-refractivity contribution in [2.75, 3.05) is 13.7 Å². The third kappa shape index (κ3) is 3.32. The van der Waals surface area contributed by atoms with E-state index in [1.807, 2.05) is 6.92 Å². The molecule has 0 spiro atoms. The minimum Gasteiger partial charge on any atom is -0.744 e. The Morgan fingerprint density at radius 3 is 2.79 bits per heavy atom. The summed E-state index contributed by atoms with van der Waals surface area (Å²) in [5.41, 5.74) is 1.30. The van der Waals surface area contributed by atoms with E-state index in [-0.39, 0.29) is 17.9 Å². The van der Waals surface area contributed by atoms with E-state index in [0.717, 1.165) is 5.56 Å². The normalized spacial score (nSPS) is 16.7. The molecule has 1 heterocycles. The summed E-state index contributed by atoms with van der Waals surface area (Å²) in [6.07, 6.45) is -0.174. The van der Waals surface area contributed by atoms with Gasteiger partial charge >= 0.3 is 0 Å². The molecular formula is C17H17O6S-. The molecule has 0 aromatic heterocycles. The van der Waals surface area contributed by atoms with Gasteiger partial charge in [-0.1, -0.05) is 23.8 Å². The van der Waals surface area contributed by atoms with E-state index in [0.29, 0.717) is 22.8 Å². The Hall–Kier alpha value is -2.25. The highest BCUT2D eigenvalue weighted by atomic mass is 32.2. The van der Waals surface area contributed by atoms with Gasteiger partial charge in [-0.15, -0.1) is 0 Å². The summed E-state index contributed by atoms with van der Waals surface area (Å²) in [7, 11) is -3.01. The minimum atomic E-state index is -4.55. The molecule has 1 aliphatic rings. The Morgan fingerprint density at radius 1 is 1.29 bits per heavy atom. The maximum absolute atomic E-state index is 11.5. The van der Waals surface area contributed by atoms with Gasteiger partial charge in [0.25, 0.3) is 0 Å². The van der Waals surface area contributed by atoms with Gasteiger partial charge in [-0.05, 0) is 30.7 Å². The van der Waals surface area contributed by atoms with E-state index >= 15 is 0 Å². The van der Waals surface area contributed by atoms with Crippen molar-refractivity contribution in [1.82, 2.24) is 0 Å². The van der Waals surface area contributed by atoms with Gasteiger partial charge in [0.2, 0.25) is 5.75 Å². The first-order valence-electron chi connectivity index (χ1n) is 7.40. The summed E-state index contributed by atoms with van der Waals surface area (Å²) in [6.45, 7) is 2.09. The van der Waals surface area contributed by atoms with Gasteiger partial charge in [0, 0.05) is 6.42 Å². The molecular weight excluding hydrogens is 332 g/mol. The molecule has 0 aliphatic carbocycles. The lowest BCUT2D eigenvalue weighted by molar-refractivity contribution is 0.0868. The number of benzene rings is 2. The fourth-order valence-electron chi connectivity index (χ4n) is 2.73. The number of rotatable bonds is 4. The molecule has 0 radical (unpaired) electrons. The van der Waals surface area contributed by atoms with Crippen molar-refractivity contribution < 1.29 is 27.2 Å². The smallest absolute Gasteiger partial charge is 0.203 e. The number of hydrogen-bond acceptors (Lipinski definition) is 6. The van der Waals surface area contributed by atoms with E-state index in [2.05, 4.69) is 0 Å². The lowest BCUT2D eigenvalue weighted by Crippen LogP contribution is -2.31. The Balaban J connectivity index is 1.90. The molecule has 2 aromatic carbocycles. The van der Waals surface area contributed by atoms with E-state index < -0.39 is 16.2 Å². The average molecular weight is 349 g/mol. The van der Waals surface area contributed by atoms with E-state index in [9.17, 15) is 13.0 Å². The topological polar surface area (TPSA) is 84.9 Å². The van der Waals surface area contributed by atoms with Crippen LogP contribution in [-0.4, -0.2) is 32.8 Å². The molecule has 0 fully saturated rings. The highest BCUT2D eigenvalue weighted by Gasteiger charge is 2.25. The van der Waals surface area contributed by atoms with Crippen LogP contribution in [0.2, 0.25) is 0 Å². The fourth-order valence-corrected chi connectivity index (χ4v) is 3.43. The molecule has 6 nitrogen and oxygen atoms in total. The SMILES string of the molecule is COc1cccc2c1OC(Cc1cc(C)ccc1S(=O)(=O)[O-])CO2. The Labute approximate surface area is 140 Å². The van der Waals surface area contributed by atoms with Crippen molar-refractivity contribution in [3.8, 4) is 17.2 Å². The Bertz CT molecular complexity index is 845. The lowest BCUT2D eigenvalue weighted by Gasteiger charge is -2.28. The summed E-state index contributed by atoms with van der Waals surface area (Å²) < 4.78 is 51.2. The number of ether oxygens (including phenoxy) is 3. The predicted molar refractivity (Wildman–Crippen MR) is 85.8 cm³/mol. The van der Waals surface area contributed by atoms with Gasteiger partial charge < -0.3 is 18.8 Å². The molecule has 2 aromatic rings. The van der Waals surface area contributed by atoms with Crippen molar-refractivity contribution >= 4 is 10.1 Å². The summed E-state index contributed by atoms with van der Waals surface area (Å²) in [4.78, 5) is -0.220. The molecule has 3 rings (SSSR count). The largest absolute Gasteiger partial charge is 0.744 e. The second kappa shape index (κ2) is 6.33. The zero-order valence-corrected chi connectivity index (χ0v) is 14.1. The van der Waals surface area contributed by atoms with Crippen LogP contribution in [0.4, 0.5) is 0 Å². The molecule has 0 bridgehead atoms. The monoisotopic (exact) mass is 349 g/mol. The molecule has 1 aliphatic heterocycles. The number of hydrogen-bond donors (Lipinski definition) is 0. The van der Waals surface area contributed by atoms with Crippen molar-refractivity contribution in [3.05, 3.63) is 47.5 Å². The van der Waals surface area contributed by atoms with Crippen LogP contribution < -0.4 is 14.2 Å². The first kappa shape index (κ1) is 16.6. The quantitative estimate of drug-likeness (QED) is 0.788. The van der Waals surface area contributed by atoms with Crippen LogP contribution in [0.15, 0.2) is 41.3 Å². The predicted octanol–water partition coefficient (Wildman–Crippen LogP) is 2.29. The number of para-hydroxylation sites is 1. The molecule has 1 atom stereocenters. The highest BCUT2D eigenvalue weighted by Crippen LogP contribution is 2.40. The van der Waals surface area contributed by atoms with Gasteiger partial charge in [-0.25, -0.2) is 8.42 Å². The van der Waals surface area contributed by atoms with Crippen LogP contribution in [0.3, 0.4) is 0 Å². The molecule has 0 N–H and O–H groups in total. The van der Waals surface area contributed by atoms with E-state index in [1.54, 1.807) is 30.3 Å². The first-order valence-corrected chi connectivity index (χ1v) is 8.81. The van der Waals surface area contributed by atoms with Gasteiger partial charge in [-0.3, -0.25) is 0 Å². The van der Waals surface area contributed by atoms with Crippen LogP contribution in [0.25, 0.3) is 0 Å². The van der Waals surface area contributed by atoms with Crippen molar-refractivity contribution in [2.24, 2.45) is 0 Å². The maximum Gasteiger partial charge on any atom is 0.203 e. The van der Waals surface area contributed by atoms with E-state index in [4.69, 9.17) is 14.2 Å². The second-order valence-electron chi connectivity index (χ2n) is 5.61. The summed E-state index contributed by atoms with van der Waals surface area (Å²) in [5, 5.41) is 0. The summed E-state index contributed by atoms with van der Waals surface area (Å²) >= 11 is 0. The fraction of sp³-hybridized carbons (Fsp3) is 0.294. The average Bonchev–Trinajstić information content (AvgIpc) is 2.53. The number of fused-ring (bicyclic) bond motifs is 1. The molecule has 128 valence electrons. The molecule has 24 heavy (non-hydrogen) atoms. The Kier molecular flexibility index (Phi) is 4.38. The van der Waals surface area contributed by atoms with Gasteiger partial charge in [0.1, 0.15) is 22.8 Å². The Morgan fingerprint density at radius 2 is 2.08 bits per heavy atom. The van der Waals surface area contributed by atoms with Gasteiger partial charge in [0.05, 0.1) is 12.0 Å². The standard InChI is InChI=1S/C17H18O6S/c1-11-6-7-16(24(18,19)20)12(8-11)9-13-10-22-15-5-3-4-14(21-2)17(15)23-13/h3-8,13H,9-10H2,1-2H3,(H,18,19,20)/p-1. The first-order chi connectivity index (χ1) is 11.4. The lowest BCUT2D eigenvalue weighted by atomic mass is 10.0. The van der Waals surface area contributed by atoms with Crippen LogP contribution in [0.5, 0.6) is 17.2 Å². The third-order valence-electron chi connectivity index (χ3n) is 3.80. The van der Waals surface area contributed by atoms with Crippen LogP contribution in [0.1, 0.15) is 11.1 Å². The molecule has 7 heteroatoms. The van der Waals surface area contributed by atoms with Gasteiger partial charge in [0.15, 0.2) is 11.5 Å². The molecule has 0 saturated carbocycles. The van der Waals surface area contributed by atoms with Crippen molar-refractivity contribution in [1.29, 1.82) is 0 Å². The molecule has 0 saturated heterocycles. The molecule has 0 amide bonds. The third-order valence-corrected chi connectivity index (χ3v) is 4.74. The van der Waals surface area contributed by atoms with Crippen molar-refractivity contribution in [3.63, 3.8) is 0 Å². The van der Waals surface area contributed by atoms with Crippen LogP contribution >= 0.6 is 0 Å². The minimum absolute atomic E-state index is 0.220. The summed E-state index contributed by atoms with van der Waals surface area (Å²) in [5.74, 6) is 1.60. The van der Waals surface area contributed by atoms with Crippen molar-refractivity contribution in [2.45, 2.75) is 24.3 Å². The molecule has 1 unspecified atom stereocenters. The zero-order chi connectivity index (χ0) is 17.3.